The van der Waals surface area contributed by atoms with Crippen molar-refractivity contribution in [3.05, 3.63) is 30.5 Å². The number of nitrogens with zero attached hydrogens (tertiary/aromatic N) is 2. The van der Waals surface area contributed by atoms with E-state index in [1.165, 1.54) is 12.8 Å². The SMILES string of the molecule is NC1(COc2nncc3ccccc23)CCCC1. The Balaban J connectivity index is 1.82. The van der Waals surface area contributed by atoms with Crippen molar-refractivity contribution >= 4 is 10.8 Å². The molecule has 3 rings (SSSR count). The summed E-state index contributed by atoms with van der Waals surface area (Å²) in [6.45, 7) is 0.523. The van der Waals surface area contributed by atoms with Gasteiger partial charge in [-0.1, -0.05) is 31.0 Å². The fourth-order valence-electron chi connectivity index (χ4n) is 2.54. The maximum absolute atomic E-state index is 6.28. The molecule has 2 N–H and O–H groups in total. The molecule has 2 aromatic rings. The molecule has 1 aliphatic rings. The van der Waals surface area contributed by atoms with Gasteiger partial charge in [-0.15, -0.1) is 5.10 Å². The van der Waals surface area contributed by atoms with Gasteiger partial charge < -0.3 is 10.5 Å². The van der Waals surface area contributed by atoms with Crippen LogP contribution in [-0.2, 0) is 0 Å². The maximum atomic E-state index is 6.28. The molecule has 0 aliphatic heterocycles. The first-order valence-electron chi connectivity index (χ1n) is 6.39. The van der Waals surface area contributed by atoms with E-state index in [0.29, 0.717) is 12.5 Å². The van der Waals surface area contributed by atoms with E-state index in [1.54, 1.807) is 6.20 Å². The zero-order valence-electron chi connectivity index (χ0n) is 10.3. The Kier molecular flexibility index (Phi) is 2.88. The molecule has 94 valence electrons. The number of hydrogen-bond donors (Lipinski definition) is 1. The Morgan fingerprint density at radius 2 is 2.00 bits per heavy atom. The summed E-state index contributed by atoms with van der Waals surface area (Å²) in [7, 11) is 0. The minimum atomic E-state index is -0.182. The van der Waals surface area contributed by atoms with Crippen molar-refractivity contribution in [1.29, 1.82) is 0 Å². The topological polar surface area (TPSA) is 61.0 Å². The lowest BCUT2D eigenvalue weighted by Gasteiger charge is -2.23. The van der Waals surface area contributed by atoms with Crippen LogP contribution in [0.15, 0.2) is 30.5 Å². The van der Waals surface area contributed by atoms with Crippen LogP contribution in [0, 0.1) is 0 Å². The molecule has 4 heteroatoms. The van der Waals surface area contributed by atoms with Crippen LogP contribution in [-0.4, -0.2) is 22.3 Å². The number of nitrogens with two attached hydrogens (primary N) is 1. The largest absolute Gasteiger partial charge is 0.474 e. The number of rotatable bonds is 3. The van der Waals surface area contributed by atoms with Gasteiger partial charge in [0.1, 0.15) is 6.61 Å². The second kappa shape index (κ2) is 4.53. The number of fused-ring (bicyclic) bond motifs is 1. The van der Waals surface area contributed by atoms with E-state index in [9.17, 15) is 0 Å². The third-order valence-electron chi connectivity index (χ3n) is 3.63. The minimum absolute atomic E-state index is 0.182. The van der Waals surface area contributed by atoms with Crippen molar-refractivity contribution in [2.24, 2.45) is 5.73 Å². The van der Waals surface area contributed by atoms with Crippen LogP contribution < -0.4 is 10.5 Å². The molecule has 1 aromatic heterocycles. The number of ether oxygens (including phenoxy) is 1. The molecular weight excluding hydrogens is 226 g/mol. The molecule has 0 radical (unpaired) electrons. The fraction of sp³-hybridized carbons (Fsp3) is 0.429. The molecule has 1 heterocycles. The molecule has 1 aliphatic carbocycles. The Morgan fingerprint density at radius 3 is 2.83 bits per heavy atom. The molecule has 1 fully saturated rings. The van der Waals surface area contributed by atoms with Crippen molar-refractivity contribution in [2.45, 2.75) is 31.2 Å². The van der Waals surface area contributed by atoms with Gasteiger partial charge in [-0.05, 0) is 18.9 Å². The predicted molar refractivity (Wildman–Crippen MR) is 70.4 cm³/mol. The van der Waals surface area contributed by atoms with Crippen molar-refractivity contribution in [2.75, 3.05) is 6.61 Å². The third-order valence-corrected chi connectivity index (χ3v) is 3.63. The van der Waals surface area contributed by atoms with Crippen LogP contribution in [0.25, 0.3) is 10.8 Å². The summed E-state index contributed by atoms with van der Waals surface area (Å²) in [6, 6.07) is 7.96. The van der Waals surface area contributed by atoms with Gasteiger partial charge in [0.15, 0.2) is 0 Å². The molecule has 1 aromatic carbocycles. The maximum Gasteiger partial charge on any atom is 0.241 e. The summed E-state index contributed by atoms with van der Waals surface area (Å²) in [5.41, 5.74) is 6.10. The van der Waals surface area contributed by atoms with Crippen LogP contribution in [0.3, 0.4) is 0 Å². The minimum Gasteiger partial charge on any atom is -0.474 e. The second-order valence-electron chi connectivity index (χ2n) is 5.10. The zero-order valence-corrected chi connectivity index (χ0v) is 10.3. The fourth-order valence-corrected chi connectivity index (χ4v) is 2.54. The first-order valence-corrected chi connectivity index (χ1v) is 6.39. The van der Waals surface area contributed by atoms with E-state index in [-0.39, 0.29) is 5.54 Å². The predicted octanol–water partition coefficient (Wildman–Crippen LogP) is 2.28. The first-order chi connectivity index (χ1) is 8.77. The third kappa shape index (κ3) is 2.16. The highest BCUT2D eigenvalue weighted by Gasteiger charge is 2.30. The normalized spacial score (nSPS) is 18.1. The van der Waals surface area contributed by atoms with Gasteiger partial charge in [-0.2, -0.15) is 5.10 Å². The molecule has 0 amide bonds. The lowest BCUT2D eigenvalue weighted by Crippen LogP contribution is -2.42. The number of aromatic nitrogens is 2. The summed E-state index contributed by atoms with van der Waals surface area (Å²) >= 11 is 0. The molecule has 18 heavy (non-hydrogen) atoms. The van der Waals surface area contributed by atoms with Gasteiger partial charge in [0.05, 0.1) is 11.7 Å². The van der Waals surface area contributed by atoms with Gasteiger partial charge >= 0.3 is 0 Å². The Morgan fingerprint density at radius 1 is 1.22 bits per heavy atom. The highest BCUT2D eigenvalue weighted by molar-refractivity contribution is 5.85. The zero-order chi connectivity index (χ0) is 12.4. The summed E-state index contributed by atoms with van der Waals surface area (Å²) < 4.78 is 5.81. The van der Waals surface area contributed by atoms with Crippen LogP contribution in [0.4, 0.5) is 0 Å². The molecule has 0 spiro atoms. The standard InChI is InChI=1S/C14H17N3O/c15-14(7-3-4-8-14)10-18-13-12-6-2-1-5-11(12)9-16-17-13/h1-2,5-6,9H,3-4,7-8,10,15H2. The van der Waals surface area contributed by atoms with Gasteiger partial charge in [0.25, 0.3) is 0 Å². The Labute approximate surface area is 106 Å². The van der Waals surface area contributed by atoms with Gasteiger partial charge in [0, 0.05) is 10.8 Å². The first kappa shape index (κ1) is 11.4. The van der Waals surface area contributed by atoms with E-state index in [4.69, 9.17) is 10.5 Å². The quantitative estimate of drug-likeness (QED) is 0.898. The summed E-state index contributed by atoms with van der Waals surface area (Å²) in [6.07, 6.45) is 6.20. The highest BCUT2D eigenvalue weighted by atomic mass is 16.5. The monoisotopic (exact) mass is 243 g/mol. The smallest absolute Gasteiger partial charge is 0.241 e. The van der Waals surface area contributed by atoms with Crippen LogP contribution in [0.2, 0.25) is 0 Å². The number of hydrogen-bond acceptors (Lipinski definition) is 4. The molecule has 0 bridgehead atoms. The average Bonchev–Trinajstić information content (AvgIpc) is 2.84. The van der Waals surface area contributed by atoms with Crippen molar-refractivity contribution in [1.82, 2.24) is 10.2 Å². The van der Waals surface area contributed by atoms with Gasteiger partial charge in [-0.3, -0.25) is 0 Å². The van der Waals surface area contributed by atoms with Gasteiger partial charge in [0.2, 0.25) is 5.88 Å². The molecule has 1 saturated carbocycles. The van der Waals surface area contributed by atoms with E-state index in [1.807, 2.05) is 24.3 Å². The Hall–Kier alpha value is -1.68. The van der Waals surface area contributed by atoms with Crippen LogP contribution in [0.5, 0.6) is 5.88 Å². The molecule has 4 nitrogen and oxygen atoms in total. The summed E-state index contributed by atoms with van der Waals surface area (Å²) in [5, 5.41) is 10.1. The van der Waals surface area contributed by atoms with Crippen LogP contribution in [0.1, 0.15) is 25.7 Å². The van der Waals surface area contributed by atoms with E-state index >= 15 is 0 Å². The summed E-state index contributed by atoms with van der Waals surface area (Å²) in [5.74, 6) is 0.588. The van der Waals surface area contributed by atoms with Crippen LogP contribution >= 0.6 is 0 Å². The molecule has 0 atom stereocenters. The lowest BCUT2D eigenvalue weighted by molar-refractivity contribution is 0.214. The molecule has 0 unspecified atom stereocenters. The van der Waals surface area contributed by atoms with Crippen molar-refractivity contribution < 1.29 is 4.74 Å². The average molecular weight is 243 g/mol. The van der Waals surface area contributed by atoms with E-state index < -0.39 is 0 Å². The van der Waals surface area contributed by atoms with Crippen molar-refractivity contribution in [3.63, 3.8) is 0 Å². The molecule has 0 saturated heterocycles. The second-order valence-corrected chi connectivity index (χ2v) is 5.10. The summed E-state index contributed by atoms with van der Waals surface area (Å²) in [4.78, 5) is 0. The molecular formula is C14H17N3O. The lowest BCUT2D eigenvalue weighted by atomic mass is 10.0. The van der Waals surface area contributed by atoms with Crippen molar-refractivity contribution in [3.8, 4) is 5.88 Å². The van der Waals surface area contributed by atoms with Gasteiger partial charge in [-0.25, -0.2) is 0 Å². The van der Waals surface area contributed by atoms with E-state index in [0.717, 1.165) is 23.6 Å². The number of benzene rings is 1. The highest BCUT2D eigenvalue weighted by Crippen LogP contribution is 2.29. The van der Waals surface area contributed by atoms with E-state index in [2.05, 4.69) is 10.2 Å². The Bertz CT molecular complexity index is 544.